The van der Waals surface area contributed by atoms with Crippen molar-refractivity contribution in [2.24, 2.45) is 0 Å². The van der Waals surface area contributed by atoms with Gasteiger partial charge < -0.3 is 19.9 Å². The second-order valence-electron chi connectivity index (χ2n) is 4.31. The third-order valence-electron chi connectivity index (χ3n) is 2.91. The molecule has 0 aliphatic carbocycles. The van der Waals surface area contributed by atoms with E-state index in [1.54, 1.807) is 6.07 Å². The van der Waals surface area contributed by atoms with Crippen molar-refractivity contribution in [3.05, 3.63) is 18.0 Å². The molecule has 1 aromatic rings. The number of nitrogens with zero attached hydrogens (tertiary/aromatic N) is 1. The molecule has 0 saturated carbocycles. The molecule has 0 aromatic carbocycles. The summed E-state index contributed by atoms with van der Waals surface area (Å²) in [5.74, 6) is 0.0173. The molecule has 1 aliphatic heterocycles. The van der Waals surface area contributed by atoms with E-state index >= 15 is 0 Å². The highest BCUT2D eigenvalue weighted by atomic mass is 16.5. The lowest BCUT2D eigenvalue weighted by atomic mass is 10.1. The molecule has 0 spiro atoms. The van der Waals surface area contributed by atoms with Crippen molar-refractivity contribution in [3.8, 4) is 0 Å². The lowest BCUT2D eigenvalue weighted by Crippen LogP contribution is -2.33. The Labute approximate surface area is 106 Å². The number of nitrogens with one attached hydrogen (secondary N) is 2. The van der Waals surface area contributed by atoms with Crippen molar-refractivity contribution in [1.29, 1.82) is 0 Å². The number of amides is 1. The van der Waals surface area contributed by atoms with E-state index in [4.69, 9.17) is 9.26 Å². The first-order valence-corrected chi connectivity index (χ1v) is 6.37. The summed E-state index contributed by atoms with van der Waals surface area (Å²) < 4.78 is 10.5. The number of piperidine rings is 1. The molecule has 6 heteroatoms. The highest BCUT2D eigenvalue weighted by molar-refractivity contribution is 5.91. The minimum Gasteiger partial charge on any atom is -0.378 e. The Morgan fingerprint density at radius 1 is 1.56 bits per heavy atom. The van der Waals surface area contributed by atoms with E-state index in [0.717, 1.165) is 32.4 Å². The summed E-state index contributed by atoms with van der Waals surface area (Å²) in [6, 6.07) is 1.54. The first-order valence-electron chi connectivity index (χ1n) is 6.37. The monoisotopic (exact) mass is 253 g/mol. The minimum absolute atomic E-state index is 0.227. The molecule has 1 fully saturated rings. The number of hydrogen-bond acceptors (Lipinski definition) is 5. The third-order valence-corrected chi connectivity index (χ3v) is 2.91. The maximum absolute atomic E-state index is 11.5. The summed E-state index contributed by atoms with van der Waals surface area (Å²) in [6.07, 6.45) is 4.78. The summed E-state index contributed by atoms with van der Waals surface area (Å²) >= 11 is 0. The average Bonchev–Trinajstić information content (AvgIpc) is 2.93. The van der Waals surface area contributed by atoms with Crippen molar-refractivity contribution in [2.45, 2.75) is 25.4 Å². The van der Waals surface area contributed by atoms with Gasteiger partial charge in [-0.1, -0.05) is 5.16 Å². The molecular formula is C12H19N3O3. The van der Waals surface area contributed by atoms with Gasteiger partial charge in [0.1, 0.15) is 0 Å². The van der Waals surface area contributed by atoms with Gasteiger partial charge in [-0.05, 0) is 32.4 Å². The van der Waals surface area contributed by atoms with Crippen molar-refractivity contribution in [2.75, 3.05) is 26.2 Å². The van der Waals surface area contributed by atoms with Crippen molar-refractivity contribution in [1.82, 2.24) is 15.8 Å². The van der Waals surface area contributed by atoms with Gasteiger partial charge >= 0.3 is 0 Å². The van der Waals surface area contributed by atoms with Crippen molar-refractivity contribution >= 4 is 5.91 Å². The van der Waals surface area contributed by atoms with Gasteiger partial charge in [-0.15, -0.1) is 0 Å². The van der Waals surface area contributed by atoms with Crippen LogP contribution < -0.4 is 10.6 Å². The zero-order chi connectivity index (χ0) is 12.6. The smallest absolute Gasteiger partial charge is 0.289 e. The second kappa shape index (κ2) is 7.13. The molecule has 0 radical (unpaired) electrons. The molecule has 0 unspecified atom stereocenters. The van der Waals surface area contributed by atoms with E-state index in [2.05, 4.69) is 15.8 Å². The Bertz CT molecular complexity index is 347. The van der Waals surface area contributed by atoms with Crippen LogP contribution in [0.5, 0.6) is 0 Å². The van der Waals surface area contributed by atoms with E-state index in [-0.39, 0.29) is 11.7 Å². The number of ether oxygens (including phenoxy) is 1. The van der Waals surface area contributed by atoms with Crippen LogP contribution >= 0.6 is 0 Å². The van der Waals surface area contributed by atoms with E-state index in [9.17, 15) is 4.79 Å². The SMILES string of the molecule is O=C(NCCCOC1CCNCC1)c1ccno1. The molecule has 18 heavy (non-hydrogen) atoms. The first kappa shape index (κ1) is 13.0. The fourth-order valence-corrected chi connectivity index (χ4v) is 1.91. The number of carbonyl (C=O) groups is 1. The van der Waals surface area contributed by atoms with Gasteiger partial charge in [-0.25, -0.2) is 0 Å². The normalized spacial score (nSPS) is 16.7. The minimum atomic E-state index is -0.227. The Morgan fingerprint density at radius 3 is 3.11 bits per heavy atom. The predicted octanol–water partition coefficient (Wildman–Crippen LogP) is 0.563. The molecule has 2 rings (SSSR count). The Hall–Kier alpha value is -1.40. The maximum atomic E-state index is 11.5. The molecule has 2 N–H and O–H groups in total. The fourth-order valence-electron chi connectivity index (χ4n) is 1.91. The van der Waals surface area contributed by atoms with E-state index < -0.39 is 0 Å². The molecule has 1 aliphatic rings. The Morgan fingerprint density at radius 2 is 2.39 bits per heavy atom. The predicted molar refractivity (Wildman–Crippen MR) is 65.3 cm³/mol. The van der Waals surface area contributed by atoms with Crippen LogP contribution in [0.1, 0.15) is 29.8 Å². The van der Waals surface area contributed by atoms with Gasteiger partial charge in [-0.2, -0.15) is 0 Å². The van der Waals surface area contributed by atoms with E-state index in [0.29, 0.717) is 19.3 Å². The van der Waals surface area contributed by atoms with Gasteiger partial charge in [-0.3, -0.25) is 4.79 Å². The maximum Gasteiger partial charge on any atom is 0.289 e. The highest BCUT2D eigenvalue weighted by Gasteiger charge is 2.13. The summed E-state index contributed by atoms with van der Waals surface area (Å²) in [5, 5.41) is 9.53. The number of carbonyl (C=O) groups excluding carboxylic acids is 1. The molecule has 1 saturated heterocycles. The van der Waals surface area contributed by atoms with Crippen molar-refractivity contribution < 1.29 is 14.1 Å². The van der Waals surface area contributed by atoms with Gasteiger partial charge in [0, 0.05) is 19.2 Å². The molecule has 0 atom stereocenters. The third kappa shape index (κ3) is 4.12. The summed E-state index contributed by atoms with van der Waals surface area (Å²) in [4.78, 5) is 11.5. The van der Waals surface area contributed by atoms with Crippen LogP contribution in [-0.4, -0.2) is 43.4 Å². The summed E-state index contributed by atoms with van der Waals surface area (Å²) in [5.41, 5.74) is 0. The molecule has 2 heterocycles. The quantitative estimate of drug-likeness (QED) is 0.725. The number of rotatable bonds is 6. The summed E-state index contributed by atoms with van der Waals surface area (Å²) in [6.45, 7) is 3.34. The highest BCUT2D eigenvalue weighted by Crippen LogP contribution is 2.07. The Balaban J connectivity index is 1.52. The first-order chi connectivity index (χ1) is 8.86. The fraction of sp³-hybridized carbons (Fsp3) is 0.667. The van der Waals surface area contributed by atoms with Crippen LogP contribution in [0.3, 0.4) is 0 Å². The van der Waals surface area contributed by atoms with E-state index in [1.165, 1.54) is 6.20 Å². The van der Waals surface area contributed by atoms with Gasteiger partial charge in [0.2, 0.25) is 5.76 Å². The molecule has 1 aromatic heterocycles. The topological polar surface area (TPSA) is 76.4 Å². The molecule has 1 amide bonds. The van der Waals surface area contributed by atoms with Crippen LogP contribution in [0.2, 0.25) is 0 Å². The van der Waals surface area contributed by atoms with E-state index in [1.807, 2.05) is 0 Å². The largest absolute Gasteiger partial charge is 0.378 e. The Kier molecular flexibility index (Phi) is 5.16. The van der Waals surface area contributed by atoms with Crippen LogP contribution in [0.25, 0.3) is 0 Å². The van der Waals surface area contributed by atoms with Crippen LogP contribution in [-0.2, 0) is 4.74 Å². The number of aromatic nitrogens is 1. The average molecular weight is 253 g/mol. The van der Waals surface area contributed by atoms with Crippen LogP contribution in [0, 0.1) is 0 Å². The molecule has 6 nitrogen and oxygen atoms in total. The van der Waals surface area contributed by atoms with Crippen LogP contribution in [0.15, 0.2) is 16.8 Å². The lowest BCUT2D eigenvalue weighted by Gasteiger charge is -2.22. The zero-order valence-corrected chi connectivity index (χ0v) is 10.4. The zero-order valence-electron chi connectivity index (χ0n) is 10.4. The standard InChI is InChI=1S/C12H19N3O3/c16-12(11-4-8-15-18-11)14-5-1-9-17-10-2-6-13-7-3-10/h4,8,10,13H,1-3,5-7,9H2,(H,14,16). The molecular weight excluding hydrogens is 234 g/mol. The summed E-state index contributed by atoms with van der Waals surface area (Å²) in [7, 11) is 0. The lowest BCUT2D eigenvalue weighted by molar-refractivity contribution is 0.0317. The molecule has 100 valence electrons. The number of hydrogen-bond donors (Lipinski definition) is 2. The van der Waals surface area contributed by atoms with Crippen LogP contribution in [0.4, 0.5) is 0 Å². The van der Waals surface area contributed by atoms with Crippen molar-refractivity contribution in [3.63, 3.8) is 0 Å². The second-order valence-corrected chi connectivity index (χ2v) is 4.31. The van der Waals surface area contributed by atoms with Gasteiger partial charge in [0.05, 0.1) is 12.3 Å². The van der Waals surface area contributed by atoms with Gasteiger partial charge in [0.25, 0.3) is 5.91 Å². The van der Waals surface area contributed by atoms with Gasteiger partial charge in [0.15, 0.2) is 0 Å². The molecule has 0 bridgehead atoms.